The van der Waals surface area contributed by atoms with E-state index in [1.54, 1.807) is 4.90 Å². The van der Waals surface area contributed by atoms with Crippen LogP contribution in [0.5, 0.6) is 0 Å². The highest BCUT2D eigenvalue weighted by atomic mass is 16.5. The molecule has 3 N–H and O–H groups in total. The van der Waals surface area contributed by atoms with Gasteiger partial charge in [-0.3, -0.25) is 0 Å². The Bertz CT molecular complexity index is 405. The average molecular weight is 266 g/mol. The molecule has 19 heavy (non-hydrogen) atoms. The van der Waals surface area contributed by atoms with Gasteiger partial charge in [0.2, 0.25) is 17.8 Å². The summed E-state index contributed by atoms with van der Waals surface area (Å²) < 4.78 is 5.76. The fourth-order valence-corrected chi connectivity index (χ4v) is 2.10. The Labute approximate surface area is 113 Å². The van der Waals surface area contributed by atoms with Gasteiger partial charge in [0.15, 0.2) is 0 Å². The highest BCUT2D eigenvalue weighted by Gasteiger charge is 2.14. The zero-order chi connectivity index (χ0) is 13.7. The Morgan fingerprint density at radius 3 is 2.68 bits per heavy atom. The van der Waals surface area contributed by atoms with E-state index in [-0.39, 0.29) is 5.95 Å². The van der Waals surface area contributed by atoms with Crippen LogP contribution in [0.3, 0.4) is 0 Å². The largest absolute Gasteiger partial charge is 0.376 e. The smallest absolute Gasteiger partial charge is 0.231 e. The molecule has 0 unspecified atom stereocenters. The van der Waals surface area contributed by atoms with Crippen molar-refractivity contribution < 1.29 is 4.74 Å². The molecule has 1 saturated carbocycles. The van der Waals surface area contributed by atoms with Crippen molar-refractivity contribution in [1.29, 1.82) is 0 Å². The van der Waals surface area contributed by atoms with Crippen LogP contribution in [0.25, 0.3) is 0 Å². The van der Waals surface area contributed by atoms with Crippen molar-refractivity contribution in [3.8, 4) is 0 Å². The third kappa shape index (κ3) is 4.20. The van der Waals surface area contributed by atoms with E-state index in [9.17, 15) is 0 Å². The first-order chi connectivity index (χ1) is 9.15. The molecule has 1 aromatic heterocycles. The molecule has 2 rings (SSSR count). The maximum Gasteiger partial charge on any atom is 0.231 e. The van der Waals surface area contributed by atoms with E-state index < -0.39 is 0 Å². The molecule has 1 fully saturated rings. The van der Waals surface area contributed by atoms with Crippen LogP contribution in [0.4, 0.5) is 17.8 Å². The fraction of sp³-hybridized carbons (Fsp3) is 0.750. The molecule has 1 heterocycles. The van der Waals surface area contributed by atoms with Crippen LogP contribution in [0.2, 0.25) is 0 Å². The number of anilines is 3. The molecule has 0 aliphatic heterocycles. The summed E-state index contributed by atoms with van der Waals surface area (Å²) in [5, 5.41) is 3.11. The van der Waals surface area contributed by atoms with Crippen molar-refractivity contribution in [1.82, 2.24) is 15.0 Å². The third-order valence-corrected chi connectivity index (χ3v) is 3.08. The van der Waals surface area contributed by atoms with E-state index in [2.05, 4.69) is 20.3 Å². The molecular formula is C12H22N6O. The van der Waals surface area contributed by atoms with Crippen LogP contribution in [-0.2, 0) is 4.74 Å². The maximum absolute atomic E-state index is 5.76. The second-order valence-corrected chi connectivity index (χ2v) is 4.92. The second kappa shape index (κ2) is 6.51. The predicted octanol–water partition coefficient (Wildman–Crippen LogP) is 0.891. The molecule has 7 heteroatoms. The van der Waals surface area contributed by atoms with Gasteiger partial charge in [0, 0.05) is 20.6 Å². The van der Waals surface area contributed by atoms with Gasteiger partial charge >= 0.3 is 0 Å². The lowest BCUT2D eigenvalue weighted by Crippen LogP contribution is -2.19. The number of nitrogens with one attached hydrogen (secondary N) is 1. The summed E-state index contributed by atoms with van der Waals surface area (Å²) in [7, 11) is 3.73. The average Bonchev–Trinajstić information content (AvgIpc) is 2.87. The van der Waals surface area contributed by atoms with Crippen LogP contribution < -0.4 is 16.0 Å². The molecule has 1 aliphatic carbocycles. The highest BCUT2D eigenvalue weighted by molar-refractivity contribution is 5.40. The van der Waals surface area contributed by atoms with Crippen LogP contribution in [0.15, 0.2) is 0 Å². The first-order valence-corrected chi connectivity index (χ1v) is 6.69. The molecule has 1 aromatic rings. The van der Waals surface area contributed by atoms with Gasteiger partial charge < -0.3 is 20.7 Å². The van der Waals surface area contributed by atoms with Crippen molar-refractivity contribution in [2.45, 2.75) is 31.8 Å². The highest BCUT2D eigenvalue weighted by Crippen LogP contribution is 2.20. The van der Waals surface area contributed by atoms with E-state index in [0.29, 0.717) is 31.2 Å². The summed E-state index contributed by atoms with van der Waals surface area (Å²) in [4.78, 5) is 14.1. The molecular weight excluding hydrogens is 244 g/mol. The van der Waals surface area contributed by atoms with Crippen LogP contribution in [-0.4, -0.2) is 48.3 Å². The minimum atomic E-state index is 0.220. The first kappa shape index (κ1) is 13.8. The zero-order valence-corrected chi connectivity index (χ0v) is 11.6. The number of rotatable bonds is 6. The van der Waals surface area contributed by atoms with Gasteiger partial charge in [0.1, 0.15) is 0 Å². The van der Waals surface area contributed by atoms with Gasteiger partial charge in [0.25, 0.3) is 0 Å². The number of nitrogens with two attached hydrogens (primary N) is 1. The summed E-state index contributed by atoms with van der Waals surface area (Å²) in [6, 6.07) is 0. The van der Waals surface area contributed by atoms with Crippen molar-refractivity contribution in [2.24, 2.45) is 0 Å². The summed E-state index contributed by atoms with van der Waals surface area (Å²) in [6.07, 6.45) is 5.37. The molecule has 106 valence electrons. The van der Waals surface area contributed by atoms with E-state index >= 15 is 0 Å². The minimum absolute atomic E-state index is 0.220. The van der Waals surface area contributed by atoms with E-state index in [1.165, 1.54) is 25.7 Å². The van der Waals surface area contributed by atoms with Crippen molar-refractivity contribution in [3.05, 3.63) is 0 Å². The number of ether oxygens (including phenoxy) is 1. The Kier molecular flexibility index (Phi) is 4.73. The standard InChI is InChI=1S/C12H22N6O/c1-18(2)12-16-10(13)15-11(17-12)14-7-8-19-9-5-3-4-6-9/h9H,3-8H2,1-2H3,(H3,13,14,15,16,17). The van der Waals surface area contributed by atoms with Crippen molar-refractivity contribution >= 4 is 17.8 Å². The first-order valence-electron chi connectivity index (χ1n) is 6.69. The molecule has 7 nitrogen and oxygen atoms in total. The lowest BCUT2D eigenvalue weighted by atomic mass is 10.3. The van der Waals surface area contributed by atoms with Gasteiger partial charge in [-0.05, 0) is 12.8 Å². The predicted molar refractivity (Wildman–Crippen MR) is 75.3 cm³/mol. The van der Waals surface area contributed by atoms with Gasteiger partial charge in [-0.1, -0.05) is 12.8 Å². The lowest BCUT2D eigenvalue weighted by molar-refractivity contribution is 0.0658. The Hall–Kier alpha value is -1.63. The van der Waals surface area contributed by atoms with Crippen molar-refractivity contribution in [3.63, 3.8) is 0 Å². The minimum Gasteiger partial charge on any atom is -0.376 e. The van der Waals surface area contributed by atoms with Gasteiger partial charge in [0.05, 0.1) is 12.7 Å². The summed E-state index contributed by atoms with van der Waals surface area (Å²) in [5.41, 5.74) is 5.64. The van der Waals surface area contributed by atoms with E-state index in [0.717, 1.165) is 0 Å². The molecule has 0 saturated heterocycles. The topological polar surface area (TPSA) is 89.2 Å². The van der Waals surface area contributed by atoms with Crippen LogP contribution in [0.1, 0.15) is 25.7 Å². The second-order valence-electron chi connectivity index (χ2n) is 4.92. The SMILES string of the molecule is CN(C)c1nc(N)nc(NCCOC2CCCC2)n1. The number of hydrogen-bond acceptors (Lipinski definition) is 7. The zero-order valence-electron chi connectivity index (χ0n) is 11.6. The van der Waals surface area contributed by atoms with E-state index in [1.807, 2.05) is 14.1 Å². The van der Waals surface area contributed by atoms with Crippen molar-refractivity contribution in [2.75, 3.05) is 43.2 Å². The fourth-order valence-electron chi connectivity index (χ4n) is 2.10. The van der Waals surface area contributed by atoms with Crippen LogP contribution >= 0.6 is 0 Å². The van der Waals surface area contributed by atoms with Gasteiger partial charge in [-0.2, -0.15) is 15.0 Å². The van der Waals surface area contributed by atoms with Gasteiger partial charge in [-0.15, -0.1) is 0 Å². The lowest BCUT2D eigenvalue weighted by Gasteiger charge is -2.13. The normalized spacial score (nSPS) is 15.7. The summed E-state index contributed by atoms with van der Waals surface area (Å²) >= 11 is 0. The number of hydrogen-bond donors (Lipinski definition) is 2. The molecule has 0 bridgehead atoms. The molecule has 0 radical (unpaired) electrons. The Morgan fingerprint density at radius 1 is 1.26 bits per heavy atom. The molecule has 0 aromatic carbocycles. The molecule has 0 spiro atoms. The third-order valence-electron chi connectivity index (χ3n) is 3.08. The number of aromatic nitrogens is 3. The molecule has 0 atom stereocenters. The van der Waals surface area contributed by atoms with Gasteiger partial charge in [-0.25, -0.2) is 0 Å². The molecule has 1 aliphatic rings. The summed E-state index contributed by atoms with van der Waals surface area (Å²) in [6.45, 7) is 1.33. The Morgan fingerprint density at radius 2 is 2.00 bits per heavy atom. The Balaban J connectivity index is 1.78. The number of nitrogens with zero attached hydrogens (tertiary/aromatic N) is 4. The van der Waals surface area contributed by atoms with E-state index in [4.69, 9.17) is 10.5 Å². The quantitative estimate of drug-likeness (QED) is 0.739. The van der Waals surface area contributed by atoms with Crippen LogP contribution in [0, 0.1) is 0 Å². The summed E-state index contributed by atoms with van der Waals surface area (Å²) in [5.74, 6) is 1.26. The molecule has 0 amide bonds. The monoisotopic (exact) mass is 266 g/mol. The number of nitrogen functional groups attached to an aromatic ring is 1. The maximum atomic E-state index is 5.76.